The predicted molar refractivity (Wildman–Crippen MR) is 90.8 cm³/mol. The van der Waals surface area contributed by atoms with Gasteiger partial charge in [-0.25, -0.2) is 13.1 Å². The Hall–Kier alpha value is -1.40. The zero-order valence-corrected chi connectivity index (χ0v) is 14.8. The van der Waals surface area contributed by atoms with E-state index in [1.54, 1.807) is 12.1 Å². The monoisotopic (exact) mass is 338 g/mol. The Bertz CT molecular complexity index is 652. The molecule has 23 heavy (non-hydrogen) atoms. The van der Waals surface area contributed by atoms with E-state index < -0.39 is 10.0 Å². The molecule has 2 rings (SSSR count). The van der Waals surface area contributed by atoms with Crippen LogP contribution in [0.3, 0.4) is 0 Å². The van der Waals surface area contributed by atoms with Gasteiger partial charge in [0.05, 0.1) is 4.90 Å². The van der Waals surface area contributed by atoms with E-state index in [4.69, 9.17) is 0 Å². The first-order valence-electron chi connectivity index (χ1n) is 8.21. The van der Waals surface area contributed by atoms with Gasteiger partial charge in [-0.15, -0.1) is 0 Å². The van der Waals surface area contributed by atoms with Crippen LogP contribution in [0.15, 0.2) is 29.2 Å². The van der Waals surface area contributed by atoms with Crippen molar-refractivity contribution in [3.63, 3.8) is 0 Å². The Balaban J connectivity index is 2.02. The van der Waals surface area contributed by atoms with E-state index >= 15 is 0 Å². The minimum Gasteiger partial charge on any atom is -0.350 e. The number of nitrogens with one attached hydrogen (secondary N) is 2. The number of hydrogen-bond donors (Lipinski definition) is 2. The first-order chi connectivity index (χ1) is 10.8. The Kier molecular flexibility index (Phi) is 5.81. The van der Waals surface area contributed by atoms with Gasteiger partial charge in [-0.05, 0) is 56.7 Å². The van der Waals surface area contributed by atoms with Gasteiger partial charge in [0.15, 0.2) is 0 Å². The van der Waals surface area contributed by atoms with E-state index in [1.165, 1.54) is 12.1 Å². The summed E-state index contributed by atoms with van der Waals surface area (Å²) in [5.74, 6) is 0.362. The lowest BCUT2D eigenvalue weighted by molar-refractivity contribution is 0.0937. The third kappa shape index (κ3) is 5.62. The fourth-order valence-corrected chi connectivity index (χ4v) is 3.61. The van der Waals surface area contributed by atoms with E-state index in [0.717, 1.165) is 25.7 Å². The fraction of sp³-hybridized carbons (Fsp3) is 0.588. The molecule has 1 fully saturated rings. The molecule has 5 nitrogen and oxygen atoms in total. The number of benzene rings is 1. The van der Waals surface area contributed by atoms with Crippen molar-refractivity contribution in [2.45, 2.75) is 63.4 Å². The van der Waals surface area contributed by atoms with Crippen LogP contribution < -0.4 is 10.0 Å². The quantitative estimate of drug-likeness (QED) is 0.765. The summed E-state index contributed by atoms with van der Waals surface area (Å²) in [5, 5.41) is 2.93. The number of carbonyl (C=O) groups excluding carboxylic acids is 1. The SMILES string of the molecule is CC(C)CCC(C)NC(=O)c1cccc(S(=O)(=O)NC2CC2)c1. The summed E-state index contributed by atoms with van der Waals surface area (Å²) in [6, 6.07) is 6.32. The Morgan fingerprint density at radius 3 is 2.52 bits per heavy atom. The highest BCUT2D eigenvalue weighted by molar-refractivity contribution is 7.89. The van der Waals surface area contributed by atoms with Crippen molar-refractivity contribution in [2.24, 2.45) is 5.92 Å². The maximum absolute atomic E-state index is 12.3. The second-order valence-corrected chi connectivity index (χ2v) is 8.48. The van der Waals surface area contributed by atoms with Crippen molar-refractivity contribution in [1.82, 2.24) is 10.0 Å². The summed E-state index contributed by atoms with van der Waals surface area (Å²) >= 11 is 0. The molecule has 1 aromatic carbocycles. The van der Waals surface area contributed by atoms with Gasteiger partial charge in [0, 0.05) is 17.6 Å². The molecule has 0 saturated heterocycles. The number of sulfonamides is 1. The van der Waals surface area contributed by atoms with Crippen molar-refractivity contribution in [3.8, 4) is 0 Å². The zero-order chi connectivity index (χ0) is 17.0. The first-order valence-corrected chi connectivity index (χ1v) is 9.69. The Labute approximate surface area is 138 Å². The van der Waals surface area contributed by atoms with Gasteiger partial charge < -0.3 is 5.32 Å². The van der Waals surface area contributed by atoms with Crippen LogP contribution in [-0.2, 0) is 10.0 Å². The third-order valence-corrected chi connectivity index (χ3v) is 5.38. The summed E-state index contributed by atoms with van der Waals surface area (Å²) in [6.07, 6.45) is 3.71. The molecule has 6 heteroatoms. The van der Waals surface area contributed by atoms with Crippen molar-refractivity contribution in [2.75, 3.05) is 0 Å². The molecule has 128 valence electrons. The molecule has 0 spiro atoms. The number of rotatable bonds is 8. The first kappa shape index (κ1) is 17.9. The van der Waals surface area contributed by atoms with Crippen LogP contribution in [-0.4, -0.2) is 26.4 Å². The lowest BCUT2D eigenvalue weighted by Crippen LogP contribution is -2.33. The van der Waals surface area contributed by atoms with Crippen LogP contribution in [0.2, 0.25) is 0 Å². The van der Waals surface area contributed by atoms with Gasteiger partial charge in [-0.3, -0.25) is 4.79 Å². The van der Waals surface area contributed by atoms with Gasteiger partial charge in [0.1, 0.15) is 0 Å². The second-order valence-electron chi connectivity index (χ2n) is 6.77. The molecule has 1 saturated carbocycles. The van der Waals surface area contributed by atoms with Crippen molar-refractivity contribution >= 4 is 15.9 Å². The predicted octanol–water partition coefficient (Wildman–Crippen LogP) is 2.68. The lowest BCUT2D eigenvalue weighted by atomic mass is 10.0. The highest BCUT2D eigenvalue weighted by Crippen LogP contribution is 2.22. The average molecular weight is 338 g/mol. The average Bonchev–Trinajstić information content (AvgIpc) is 3.28. The number of amides is 1. The van der Waals surface area contributed by atoms with Crippen molar-refractivity contribution < 1.29 is 13.2 Å². The molecule has 0 radical (unpaired) electrons. The van der Waals surface area contributed by atoms with E-state index in [0.29, 0.717) is 11.5 Å². The smallest absolute Gasteiger partial charge is 0.251 e. The summed E-state index contributed by atoms with van der Waals surface area (Å²) in [5.41, 5.74) is 0.375. The van der Waals surface area contributed by atoms with Crippen LogP contribution in [0.1, 0.15) is 56.8 Å². The molecule has 1 unspecified atom stereocenters. The van der Waals surface area contributed by atoms with Crippen LogP contribution >= 0.6 is 0 Å². The van der Waals surface area contributed by atoms with Crippen LogP contribution in [0.4, 0.5) is 0 Å². The van der Waals surface area contributed by atoms with Crippen LogP contribution in [0.25, 0.3) is 0 Å². The van der Waals surface area contributed by atoms with Gasteiger partial charge >= 0.3 is 0 Å². The molecule has 0 aromatic heterocycles. The van der Waals surface area contributed by atoms with Crippen molar-refractivity contribution in [1.29, 1.82) is 0 Å². The molecule has 1 aliphatic carbocycles. The maximum atomic E-state index is 12.3. The summed E-state index contributed by atoms with van der Waals surface area (Å²) in [4.78, 5) is 12.4. The van der Waals surface area contributed by atoms with E-state index in [-0.39, 0.29) is 22.9 Å². The molecule has 2 N–H and O–H groups in total. The molecular formula is C17H26N2O3S. The zero-order valence-electron chi connectivity index (χ0n) is 14.0. The maximum Gasteiger partial charge on any atom is 0.251 e. The molecule has 0 heterocycles. The van der Waals surface area contributed by atoms with Gasteiger partial charge in [-0.2, -0.15) is 0 Å². The fourth-order valence-electron chi connectivity index (χ4n) is 2.26. The lowest BCUT2D eigenvalue weighted by Gasteiger charge is -2.15. The summed E-state index contributed by atoms with van der Waals surface area (Å²) in [7, 11) is -3.53. The standard InChI is InChI=1S/C17H26N2O3S/c1-12(2)7-8-13(3)18-17(20)14-5-4-6-16(11-14)23(21,22)19-15-9-10-15/h4-6,11-13,15,19H,7-10H2,1-3H3,(H,18,20). The minimum atomic E-state index is -3.53. The Morgan fingerprint density at radius 1 is 1.22 bits per heavy atom. The van der Waals surface area contributed by atoms with Gasteiger partial charge in [0.2, 0.25) is 10.0 Å². The van der Waals surface area contributed by atoms with Crippen LogP contribution in [0, 0.1) is 5.92 Å². The van der Waals surface area contributed by atoms with Crippen LogP contribution in [0.5, 0.6) is 0 Å². The molecule has 1 aliphatic rings. The number of hydrogen-bond acceptors (Lipinski definition) is 3. The van der Waals surface area contributed by atoms with Crippen molar-refractivity contribution in [3.05, 3.63) is 29.8 Å². The molecule has 1 atom stereocenters. The molecule has 0 aliphatic heterocycles. The van der Waals surface area contributed by atoms with Gasteiger partial charge in [-0.1, -0.05) is 19.9 Å². The Morgan fingerprint density at radius 2 is 1.91 bits per heavy atom. The molecular weight excluding hydrogens is 312 g/mol. The van der Waals surface area contributed by atoms with E-state index in [2.05, 4.69) is 23.9 Å². The third-order valence-electron chi connectivity index (χ3n) is 3.86. The largest absolute Gasteiger partial charge is 0.350 e. The highest BCUT2D eigenvalue weighted by atomic mass is 32.2. The summed E-state index contributed by atoms with van der Waals surface area (Å²) < 4.78 is 27.1. The minimum absolute atomic E-state index is 0.0496. The van der Waals surface area contributed by atoms with E-state index in [1.807, 2.05) is 6.92 Å². The molecule has 1 aromatic rings. The molecule has 0 bridgehead atoms. The van der Waals surface area contributed by atoms with Gasteiger partial charge in [0.25, 0.3) is 5.91 Å². The van der Waals surface area contributed by atoms with E-state index in [9.17, 15) is 13.2 Å². The highest BCUT2D eigenvalue weighted by Gasteiger charge is 2.28. The second kappa shape index (κ2) is 7.45. The number of carbonyl (C=O) groups is 1. The topological polar surface area (TPSA) is 75.3 Å². The summed E-state index contributed by atoms with van der Waals surface area (Å²) in [6.45, 7) is 6.26. The normalized spacial score (nSPS) is 16.3. The molecule has 1 amide bonds.